The SMILES string of the molecule is COCc1c(C(=O)N2CCC(n3c(C)cnc3C)CC2)noc1C. The molecule has 24 heavy (non-hydrogen) atoms. The van der Waals surface area contributed by atoms with Crippen LogP contribution in [0.3, 0.4) is 0 Å². The number of aromatic nitrogens is 3. The van der Waals surface area contributed by atoms with E-state index in [1.807, 2.05) is 18.0 Å². The number of ether oxygens (including phenoxy) is 1. The van der Waals surface area contributed by atoms with Crippen molar-refractivity contribution in [3.63, 3.8) is 0 Å². The number of likely N-dealkylation sites (tertiary alicyclic amines) is 1. The molecule has 3 rings (SSSR count). The molecule has 0 saturated carbocycles. The third-order valence-corrected chi connectivity index (χ3v) is 4.76. The van der Waals surface area contributed by atoms with Gasteiger partial charge in [0.25, 0.3) is 5.91 Å². The van der Waals surface area contributed by atoms with Crippen LogP contribution in [-0.2, 0) is 11.3 Å². The molecule has 7 nitrogen and oxygen atoms in total. The predicted molar refractivity (Wildman–Crippen MR) is 87.8 cm³/mol. The van der Waals surface area contributed by atoms with Crippen molar-refractivity contribution in [2.24, 2.45) is 0 Å². The molecule has 1 amide bonds. The third-order valence-electron chi connectivity index (χ3n) is 4.76. The second-order valence-electron chi connectivity index (χ2n) is 6.34. The van der Waals surface area contributed by atoms with Gasteiger partial charge in [-0.3, -0.25) is 4.79 Å². The molecule has 0 aliphatic carbocycles. The van der Waals surface area contributed by atoms with E-state index in [9.17, 15) is 4.79 Å². The summed E-state index contributed by atoms with van der Waals surface area (Å²) in [7, 11) is 1.60. The van der Waals surface area contributed by atoms with Crippen LogP contribution >= 0.6 is 0 Å². The quantitative estimate of drug-likeness (QED) is 0.860. The number of aryl methyl sites for hydroxylation is 3. The van der Waals surface area contributed by atoms with Gasteiger partial charge in [-0.05, 0) is 33.6 Å². The number of rotatable bonds is 4. The molecular formula is C17H24N4O3. The first-order valence-electron chi connectivity index (χ1n) is 8.26. The van der Waals surface area contributed by atoms with E-state index in [0.29, 0.717) is 37.2 Å². The molecule has 3 heterocycles. The summed E-state index contributed by atoms with van der Waals surface area (Å²) < 4.78 is 12.6. The number of imidazole rings is 1. The molecule has 0 N–H and O–H groups in total. The molecule has 0 aromatic carbocycles. The molecule has 2 aromatic rings. The smallest absolute Gasteiger partial charge is 0.276 e. The maximum Gasteiger partial charge on any atom is 0.276 e. The van der Waals surface area contributed by atoms with Crippen LogP contribution in [-0.4, -0.2) is 45.7 Å². The Morgan fingerprint density at radius 1 is 1.33 bits per heavy atom. The molecule has 1 aliphatic heterocycles. The molecule has 0 atom stereocenters. The number of hydrogen-bond donors (Lipinski definition) is 0. The van der Waals surface area contributed by atoms with Crippen LogP contribution in [0.25, 0.3) is 0 Å². The lowest BCUT2D eigenvalue weighted by atomic mass is 10.0. The Morgan fingerprint density at radius 3 is 2.62 bits per heavy atom. The van der Waals surface area contributed by atoms with Gasteiger partial charge in [-0.1, -0.05) is 5.16 Å². The van der Waals surface area contributed by atoms with E-state index in [4.69, 9.17) is 9.26 Å². The van der Waals surface area contributed by atoms with Gasteiger partial charge in [0, 0.05) is 38.1 Å². The Kier molecular flexibility index (Phi) is 4.71. The fraction of sp³-hybridized carbons (Fsp3) is 0.588. The molecule has 0 bridgehead atoms. The minimum Gasteiger partial charge on any atom is -0.380 e. The monoisotopic (exact) mass is 332 g/mol. The molecule has 0 spiro atoms. The number of nitrogens with zero attached hydrogens (tertiary/aromatic N) is 4. The molecule has 1 fully saturated rings. The summed E-state index contributed by atoms with van der Waals surface area (Å²) in [4.78, 5) is 19.0. The molecule has 130 valence electrons. The number of piperidine rings is 1. The van der Waals surface area contributed by atoms with Crippen molar-refractivity contribution in [3.8, 4) is 0 Å². The van der Waals surface area contributed by atoms with Gasteiger partial charge in [-0.15, -0.1) is 0 Å². The summed E-state index contributed by atoms with van der Waals surface area (Å²) in [5, 5.41) is 3.95. The highest BCUT2D eigenvalue weighted by molar-refractivity contribution is 5.93. The van der Waals surface area contributed by atoms with Gasteiger partial charge in [0.15, 0.2) is 5.69 Å². The fourth-order valence-electron chi connectivity index (χ4n) is 3.47. The first kappa shape index (κ1) is 16.7. The summed E-state index contributed by atoms with van der Waals surface area (Å²) in [6.07, 6.45) is 3.74. The number of hydrogen-bond acceptors (Lipinski definition) is 5. The highest BCUT2D eigenvalue weighted by Crippen LogP contribution is 2.27. The van der Waals surface area contributed by atoms with Crippen LogP contribution in [0.5, 0.6) is 0 Å². The standard InChI is InChI=1S/C17H24N4O3/c1-11-9-18-13(3)21(11)14-5-7-20(8-6-14)17(22)16-15(10-23-4)12(2)24-19-16/h9,14H,5-8,10H2,1-4H3. The van der Waals surface area contributed by atoms with Crippen LogP contribution in [0, 0.1) is 20.8 Å². The first-order valence-corrected chi connectivity index (χ1v) is 8.26. The minimum atomic E-state index is -0.0728. The average molecular weight is 332 g/mol. The molecular weight excluding hydrogens is 308 g/mol. The van der Waals surface area contributed by atoms with Gasteiger partial charge >= 0.3 is 0 Å². The van der Waals surface area contributed by atoms with Crippen LogP contribution in [0.2, 0.25) is 0 Å². The van der Waals surface area contributed by atoms with Crippen LogP contribution in [0.15, 0.2) is 10.7 Å². The Bertz CT molecular complexity index is 707. The molecule has 2 aromatic heterocycles. The van der Waals surface area contributed by atoms with Crippen molar-refractivity contribution < 1.29 is 14.1 Å². The molecule has 7 heteroatoms. The molecule has 0 radical (unpaired) electrons. The number of methoxy groups -OCH3 is 1. The highest BCUT2D eigenvalue weighted by atomic mass is 16.5. The predicted octanol–water partition coefficient (Wildman–Crippen LogP) is 2.42. The van der Waals surface area contributed by atoms with Crippen LogP contribution in [0.1, 0.15) is 52.2 Å². The van der Waals surface area contributed by atoms with Gasteiger partial charge in [0.1, 0.15) is 11.6 Å². The van der Waals surface area contributed by atoms with Crippen molar-refractivity contribution in [2.45, 2.75) is 46.3 Å². The lowest BCUT2D eigenvalue weighted by Crippen LogP contribution is -2.39. The van der Waals surface area contributed by atoms with Crippen molar-refractivity contribution in [1.82, 2.24) is 19.6 Å². The fourth-order valence-corrected chi connectivity index (χ4v) is 3.47. The Labute approximate surface area is 141 Å². The maximum absolute atomic E-state index is 12.8. The van der Waals surface area contributed by atoms with E-state index in [0.717, 1.165) is 24.2 Å². The van der Waals surface area contributed by atoms with Crippen LogP contribution in [0.4, 0.5) is 0 Å². The second-order valence-corrected chi connectivity index (χ2v) is 6.34. The molecule has 1 saturated heterocycles. The van der Waals surface area contributed by atoms with Crippen molar-refractivity contribution in [3.05, 3.63) is 34.7 Å². The van der Waals surface area contributed by atoms with Gasteiger partial charge in [-0.2, -0.15) is 0 Å². The number of carbonyl (C=O) groups excluding carboxylic acids is 1. The topological polar surface area (TPSA) is 73.4 Å². The largest absolute Gasteiger partial charge is 0.380 e. The Balaban J connectivity index is 1.70. The second kappa shape index (κ2) is 6.76. The lowest BCUT2D eigenvalue weighted by Gasteiger charge is -2.33. The van der Waals surface area contributed by atoms with Crippen molar-refractivity contribution in [2.75, 3.05) is 20.2 Å². The van der Waals surface area contributed by atoms with E-state index in [2.05, 4.69) is 21.6 Å². The zero-order chi connectivity index (χ0) is 17.3. The first-order chi connectivity index (χ1) is 11.5. The van der Waals surface area contributed by atoms with Gasteiger partial charge in [0.05, 0.1) is 12.2 Å². The normalized spacial score (nSPS) is 15.9. The maximum atomic E-state index is 12.8. The van der Waals surface area contributed by atoms with Gasteiger partial charge in [-0.25, -0.2) is 4.98 Å². The zero-order valence-electron chi connectivity index (χ0n) is 14.7. The third kappa shape index (κ3) is 2.96. The van der Waals surface area contributed by atoms with E-state index >= 15 is 0 Å². The molecule has 1 aliphatic rings. The van der Waals surface area contributed by atoms with Crippen LogP contribution < -0.4 is 0 Å². The minimum absolute atomic E-state index is 0.0728. The van der Waals surface area contributed by atoms with E-state index < -0.39 is 0 Å². The summed E-state index contributed by atoms with van der Waals surface area (Å²) in [6.45, 7) is 7.65. The summed E-state index contributed by atoms with van der Waals surface area (Å²) >= 11 is 0. The van der Waals surface area contributed by atoms with Crippen molar-refractivity contribution in [1.29, 1.82) is 0 Å². The lowest BCUT2D eigenvalue weighted by molar-refractivity contribution is 0.0679. The van der Waals surface area contributed by atoms with Gasteiger partial charge in [0.2, 0.25) is 0 Å². The van der Waals surface area contributed by atoms with Crippen molar-refractivity contribution >= 4 is 5.91 Å². The van der Waals surface area contributed by atoms with E-state index in [-0.39, 0.29) is 5.91 Å². The zero-order valence-corrected chi connectivity index (χ0v) is 14.7. The number of amides is 1. The summed E-state index contributed by atoms with van der Waals surface area (Å²) in [5.41, 5.74) is 2.29. The number of carbonyl (C=O) groups is 1. The van der Waals surface area contributed by atoms with E-state index in [1.165, 1.54) is 5.69 Å². The Morgan fingerprint density at radius 2 is 2.04 bits per heavy atom. The summed E-state index contributed by atoms with van der Waals surface area (Å²) in [6, 6.07) is 0.397. The highest BCUT2D eigenvalue weighted by Gasteiger charge is 2.29. The van der Waals surface area contributed by atoms with E-state index in [1.54, 1.807) is 14.0 Å². The summed E-state index contributed by atoms with van der Waals surface area (Å²) in [5.74, 6) is 1.60. The average Bonchev–Trinajstić information content (AvgIpc) is 3.11. The molecule has 0 unspecified atom stereocenters. The Hall–Kier alpha value is -2.15. The van der Waals surface area contributed by atoms with Gasteiger partial charge < -0.3 is 18.7 Å².